The number of hydrogen-bond donors (Lipinski definition) is 1. The highest BCUT2D eigenvalue weighted by Gasteiger charge is 2.18. The Morgan fingerprint density at radius 1 is 1.03 bits per heavy atom. The summed E-state index contributed by atoms with van der Waals surface area (Å²) in [4.78, 5) is 12.9. The number of para-hydroxylation sites is 1. The number of fused-ring (bicyclic) bond motifs is 1. The zero-order valence-electron chi connectivity index (χ0n) is 17.7. The van der Waals surface area contributed by atoms with E-state index in [1.165, 1.54) is 0 Å². The highest BCUT2D eigenvalue weighted by molar-refractivity contribution is 6.31. The summed E-state index contributed by atoms with van der Waals surface area (Å²) in [5.41, 5.74) is 2.99. The van der Waals surface area contributed by atoms with Crippen LogP contribution in [-0.4, -0.2) is 27.8 Å². The third-order valence-electron chi connectivity index (χ3n) is 5.21. The van der Waals surface area contributed by atoms with Gasteiger partial charge in [-0.3, -0.25) is 4.79 Å². The van der Waals surface area contributed by atoms with Crippen LogP contribution in [-0.2, 0) is 11.3 Å². The van der Waals surface area contributed by atoms with Crippen LogP contribution in [0.4, 0.5) is 5.69 Å². The van der Waals surface area contributed by atoms with E-state index in [0.29, 0.717) is 28.2 Å². The summed E-state index contributed by atoms with van der Waals surface area (Å²) in [7, 11) is 1.54. The van der Waals surface area contributed by atoms with Gasteiger partial charge in [0.05, 0.1) is 18.4 Å². The van der Waals surface area contributed by atoms with Crippen LogP contribution in [0.2, 0.25) is 5.02 Å². The molecule has 5 aromatic rings. The van der Waals surface area contributed by atoms with E-state index in [1.807, 2.05) is 65.4 Å². The van der Waals surface area contributed by atoms with E-state index in [1.54, 1.807) is 25.3 Å². The molecule has 0 radical (unpaired) electrons. The highest BCUT2D eigenvalue weighted by atomic mass is 35.5. The Morgan fingerprint density at radius 2 is 1.79 bits per heavy atom. The number of halogens is 1. The zero-order chi connectivity index (χ0) is 22.8. The summed E-state index contributed by atoms with van der Waals surface area (Å²) in [6, 6.07) is 22.4. The standard InChI is InChI=1S/C25H19ClN4O3/c1-32-22-12-11-17(26)13-20(22)27-23(31)15-30-14-19(18-9-5-6-10-21(18)30)25-29-28-24(33-25)16-7-3-2-4-8-16/h2-14H,15H2,1H3,(H,27,31). The Morgan fingerprint density at radius 3 is 2.61 bits per heavy atom. The molecule has 0 unspecified atom stereocenters. The van der Waals surface area contributed by atoms with Crippen molar-refractivity contribution in [1.29, 1.82) is 0 Å². The number of rotatable bonds is 6. The monoisotopic (exact) mass is 458 g/mol. The first kappa shape index (κ1) is 20.8. The Bertz CT molecular complexity index is 1440. The lowest BCUT2D eigenvalue weighted by Crippen LogP contribution is -2.18. The highest BCUT2D eigenvalue weighted by Crippen LogP contribution is 2.32. The van der Waals surface area contributed by atoms with Crippen LogP contribution in [0.15, 0.2) is 83.4 Å². The number of aromatic nitrogens is 3. The maximum Gasteiger partial charge on any atom is 0.250 e. The number of nitrogens with zero attached hydrogens (tertiary/aromatic N) is 3. The molecule has 0 atom stereocenters. The largest absolute Gasteiger partial charge is 0.495 e. The third kappa shape index (κ3) is 4.18. The van der Waals surface area contributed by atoms with Gasteiger partial charge in [0.1, 0.15) is 12.3 Å². The van der Waals surface area contributed by atoms with E-state index in [0.717, 1.165) is 22.0 Å². The van der Waals surface area contributed by atoms with Crippen molar-refractivity contribution in [3.8, 4) is 28.7 Å². The minimum Gasteiger partial charge on any atom is -0.495 e. The molecule has 0 aliphatic heterocycles. The number of methoxy groups -OCH3 is 1. The summed E-state index contributed by atoms with van der Waals surface area (Å²) in [6.45, 7) is 0.0792. The predicted octanol–water partition coefficient (Wildman–Crippen LogP) is 5.66. The van der Waals surface area contributed by atoms with Crippen molar-refractivity contribution in [3.05, 3.63) is 84.0 Å². The lowest BCUT2D eigenvalue weighted by molar-refractivity contribution is -0.116. The molecule has 0 bridgehead atoms. The van der Waals surface area contributed by atoms with E-state index in [4.69, 9.17) is 20.8 Å². The number of anilines is 1. The van der Waals surface area contributed by atoms with Gasteiger partial charge in [0.15, 0.2) is 0 Å². The van der Waals surface area contributed by atoms with E-state index >= 15 is 0 Å². The van der Waals surface area contributed by atoms with Crippen LogP contribution in [0, 0.1) is 0 Å². The topological polar surface area (TPSA) is 82.2 Å². The Labute approximate surface area is 194 Å². The maximum atomic E-state index is 12.9. The number of carbonyl (C=O) groups excluding carboxylic acids is 1. The fourth-order valence-corrected chi connectivity index (χ4v) is 3.87. The molecule has 2 aromatic heterocycles. The van der Waals surface area contributed by atoms with Gasteiger partial charge in [0.25, 0.3) is 0 Å². The summed E-state index contributed by atoms with van der Waals surface area (Å²) < 4.78 is 13.1. The van der Waals surface area contributed by atoms with Crippen LogP contribution in [0.1, 0.15) is 0 Å². The minimum atomic E-state index is -0.224. The van der Waals surface area contributed by atoms with Crippen LogP contribution >= 0.6 is 11.6 Å². The van der Waals surface area contributed by atoms with Gasteiger partial charge < -0.3 is 19.0 Å². The first-order valence-corrected chi connectivity index (χ1v) is 10.6. The van der Waals surface area contributed by atoms with Gasteiger partial charge in [-0.2, -0.15) is 0 Å². The summed E-state index contributed by atoms with van der Waals surface area (Å²) in [6.07, 6.45) is 1.85. The lowest BCUT2D eigenvalue weighted by atomic mass is 10.2. The first-order chi connectivity index (χ1) is 16.1. The Balaban J connectivity index is 1.46. The fraction of sp³-hybridized carbons (Fsp3) is 0.0800. The normalized spacial score (nSPS) is 11.0. The number of hydrogen-bond acceptors (Lipinski definition) is 5. The molecule has 7 nitrogen and oxygen atoms in total. The quantitative estimate of drug-likeness (QED) is 0.355. The fourth-order valence-electron chi connectivity index (χ4n) is 3.70. The second kappa shape index (κ2) is 8.80. The number of nitrogens with one attached hydrogen (secondary N) is 1. The van der Waals surface area contributed by atoms with E-state index < -0.39 is 0 Å². The average Bonchev–Trinajstić information content (AvgIpc) is 3.45. The molecule has 1 N–H and O–H groups in total. The molecule has 1 amide bonds. The molecule has 164 valence electrons. The van der Waals surface area contributed by atoms with Gasteiger partial charge in [0, 0.05) is 27.7 Å². The second-order valence-electron chi connectivity index (χ2n) is 7.36. The van der Waals surface area contributed by atoms with Gasteiger partial charge in [-0.1, -0.05) is 48.0 Å². The number of ether oxygens (including phenoxy) is 1. The van der Waals surface area contributed by atoms with Crippen molar-refractivity contribution in [3.63, 3.8) is 0 Å². The molecule has 2 heterocycles. The smallest absolute Gasteiger partial charge is 0.250 e. The van der Waals surface area contributed by atoms with Crippen molar-refractivity contribution in [2.45, 2.75) is 6.54 Å². The number of benzene rings is 3. The molecular formula is C25H19ClN4O3. The van der Waals surface area contributed by atoms with Gasteiger partial charge in [-0.25, -0.2) is 0 Å². The molecule has 0 spiro atoms. The van der Waals surface area contributed by atoms with Crippen LogP contribution in [0.5, 0.6) is 5.75 Å². The van der Waals surface area contributed by atoms with Crippen LogP contribution < -0.4 is 10.1 Å². The van der Waals surface area contributed by atoms with Crippen molar-refractivity contribution < 1.29 is 13.9 Å². The van der Waals surface area contributed by atoms with E-state index in [-0.39, 0.29) is 12.5 Å². The van der Waals surface area contributed by atoms with E-state index in [9.17, 15) is 4.79 Å². The van der Waals surface area contributed by atoms with Gasteiger partial charge >= 0.3 is 0 Å². The molecule has 8 heteroatoms. The summed E-state index contributed by atoms with van der Waals surface area (Å²) in [5.74, 6) is 1.14. The van der Waals surface area contributed by atoms with Crippen LogP contribution in [0.3, 0.4) is 0 Å². The summed E-state index contributed by atoms with van der Waals surface area (Å²) >= 11 is 6.08. The molecule has 5 rings (SSSR count). The first-order valence-electron chi connectivity index (χ1n) is 10.2. The maximum absolute atomic E-state index is 12.9. The average molecular weight is 459 g/mol. The molecule has 0 aliphatic carbocycles. The Hall–Kier alpha value is -4.10. The number of carbonyl (C=O) groups is 1. The van der Waals surface area contributed by atoms with Gasteiger partial charge in [-0.05, 0) is 36.4 Å². The van der Waals surface area contributed by atoms with Crippen molar-refractivity contribution in [2.75, 3.05) is 12.4 Å². The Kier molecular flexibility index (Phi) is 5.54. The van der Waals surface area contributed by atoms with Crippen molar-refractivity contribution in [2.24, 2.45) is 0 Å². The van der Waals surface area contributed by atoms with E-state index in [2.05, 4.69) is 15.5 Å². The second-order valence-corrected chi connectivity index (χ2v) is 7.80. The van der Waals surface area contributed by atoms with Crippen molar-refractivity contribution >= 4 is 34.1 Å². The third-order valence-corrected chi connectivity index (χ3v) is 5.45. The molecule has 0 saturated carbocycles. The molecule has 0 aliphatic rings. The molecule has 33 heavy (non-hydrogen) atoms. The molecule has 0 fully saturated rings. The van der Waals surface area contributed by atoms with Gasteiger partial charge in [-0.15, -0.1) is 10.2 Å². The van der Waals surface area contributed by atoms with Crippen molar-refractivity contribution in [1.82, 2.24) is 14.8 Å². The molecular weight excluding hydrogens is 440 g/mol. The number of amides is 1. The lowest BCUT2D eigenvalue weighted by Gasteiger charge is -2.11. The SMILES string of the molecule is COc1ccc(Cl)cc1NC(=O)Cn1cc(-c2nnc(-c3ccccc3)o2)c2ccccc21. The summed E-state index contributed by atoms with van der Waals surface area (Å²) in [5, 5.41) is 12.7. The molecule has 3 aromatic carbocycles. The molecule has 0 saturated heterocycles. The van der Waals surface area contributed by atoms with Crippen LogP contribution in [0.25, 0.3) is 33.8 Å². The minimum absolute atomic E-state index is 0.0792. The zero-order valence-corrected chi connectivity index (χ0v) is 18.4. The van der Waals surface area contributed by atoms with Gasteiger partial charge in [0.2, 0.25) is 17.7 Å². The predicted molar refractivity (Wildman–Crippen MR) is 127 cm³/mol.